The van der Waals surface area contributed by atoms with Gasteiger partial charge >= 0.3 is 5.97 Å². The predicted molar refractivity (Wildman–Crippen MR) is 93.8 cm³/mol. The van der Waals surface area contributed by atoms with E-state index in [0.29, 0.717) is 5.69 Å². The zero-order valence-corrected chi connectivity index (χ0v) is 14.1. The van der Waals surface area contributed by atoms with Gasteiger partial charge in [0.05, 0.1) is 0 Å². The second-order valence-corrected chi connectivity index (χ2v) is 5.73. The van der Waals surface area contributed by atoms with E-state index in [4.69, 9.17) is 4.74 Å². The Bertz CT molecular complexity index is 696. The van der Waals surface area contributed by atoms with Crippen LogP contribution in [0, 0.1) is 0 Å². The van der Waals surface area contributed by atoms with E-state index in [0.717, 1.165) is 10.0 Å². The van der Waals surface area contributed by atoms with Gasteiger partial charge in [0.15, 0.2) is 6.10 Å². The van der Waals surface area contributed by atoms with Gasteiger partial charge in [-0.3, -0.25) is 4.79 Å². The molecule has 1 atom stereocenters. The SMILES string of the molecule is CC(OC(=O)/C=C/c1ccc(Br)cc1)C(=O)Nc1ccccc1. The Kier molecular flexibility index (Phi) is 6.11. The van der Waals surface area contributed by atoms with Crippen molar-refractivity contribution in [1.29, 1.82) is 0 Å². The van der Waals surface area contributed by atoms with Crippen LogP contribution in [0.15, 0.2) is 65.1 Å². The van der Waals surface area contributed by atoms with Gasteiger partial charge in [-0.05, 0) is 42.8 Å². The minimum absolute atomic E-state index is 0.374. The highest BCUT2D eigenvalue weighted by molar-refractivity contribution is 9.10. The molecular weight excluding hydrogens is 358 g/mol. The van der Waals surface area contributed by atoms with Crippen LogP contribution in [0.25, 0.3) is 6.08 Å². The molecule has 4 nitrogen and oxygen atoms in total. The first-order valence-corrected chi connectivity index (χ1v) is 7.84. The van der Waals surface area contributed by atoms with Gasteiger partial charge in [-0.2, -0.15) is 0 Å². The first-order valence-electron chi connectivity index (χ1n) is 7.05. The largest absolute Gasteiger partial charge is 0.449 e. The van der Waals surface area contributed by atoms with E-state index in [1.165, 1.54) is 13.0 Å². The van der Waals surface area contributed by atoms with Crippen LogP contribution in [0.4, 0.5) is 5.69 Å². The molecule has 5 heteroatoms. The molecule has 0 bridgehead atoms. The first-order chi connectivity index (χ1) is 11.0. The number of anilines is 1. The maximum absolute atomic E-state index is 11.9. The zero-order chi connectivity index (χ0) is 16.7. The lowest BCUT2D eigenvalue weighted by molar-refractivity contribution is -0.148. The van der Waals surface area contributed by atoms with Gasteiger partial charge in [0.1, 0.15) is 0 Å². The summed E-state index contributed by atoms with van der Waals surface area (Å²) < 4.78 is 6.04. The highest BCUT2D eigenvalue weighted by atomic mass is 79.9. The van der Waals surface area contributed by atoms with Crippen molar-refractivity contribution in [3.05, 3.63) is 70.7 Å². The summed E-state index contributed by atoms with van der Waals surface area (Å²) in [6, 6.07) is 16.5. The van der Waals surface area contributed by atoms with Gasteiger partial charge < -0.3 is 10.1 Å². The highest BCUT2D eigenvalue weighted by Gasteiger charge is 2.16. The van der Waals surface area contributed by atoms with Crippen molar-refractivity contribution in [2.45, 2.75) is 13.0 Å². The molecule has 0 aromatic heterocycles. The predicted octanol–water partition coefficient (Wildman–Crippen LogP) is 4.03. The van der Waals surface area contributed by atoms with Crippen molar-refractivity contribution >= 4 is 39.6 Å². The summed E-state index contributed by atoms with van der Waals surface area (Å²) in [7, 11) is 0. The van der Waals surface area contributed by atoms with Crippen LogP contribution in [-0.4, -0.2) is 18.0 Å². The molecule has 23 heavy (non-hydrogen) atoms. The molecule has 2 aromatic rings. The Morgan fingerprint density at radius 1 is 1.09 bits per heavy atom. The topological polar surface area (TPSA) is 55.4 Å². The van der Waals surface area contributed by atoms with E-state index >= 15 is 0 Å². The lowest BCUT2D eigenvalue weighted by Gasteiger charge is -2.12. The summed E-state index contributed by atoms with van der Waals surface area (Å²) in [4.78, 5) is 23.7. The van der Waals surface area contributed by atoms with Crippen LogP contribution >= 0.6 is 15.9 Å². The highest BCUT2D eigenvalue weighted by Crippen LogP contribution is 2.12. The summed E-state index contributed by atoms with van der Waals surface area (Å²) in [5.41, 5.74) is 1.53. The number of benzene rings is 2. The van der Waals surface area contributed by atoms with Crippen LogP contribution < -0.4 is 5.32 Å². The van der Waals surface area contributed by atoms with Gasteiger partial charge in [0.25, 0.3) is 5.91 Å². The summed E-state index contributed by atoms with van der Waals surface area (Å²) in [5.74, 6) is -0.940. The molecular formula is C18H16BrNO3. The minimum atomic E-state index is -0.878. The number of hydrogen-bond acceptors (Lipinski definition) is 3. The van der Waals surface area contributed by atoms with Crippen LogP contribution in [0.5, 0.6) is 0 Å². The van der Waals surface area contributed by atoms with Gasteiger partial charge in [0, 0.05) is 16.2 Å². The van der Waals surface area contributed by atoms with Crippen molar-refractivity contribution in [3.63, 3.8) is 0 Å². The maximum atomic E-state index is 11.9. The van der Waals surface area contributed by atoms with E-state index in [9.17, 15) is 9.59 Å². The van der Waals surface area contributed by atoms with Crippen molar-refractivity contribution in [1.82, 2.24) is 0 Å². The van der Waals surface area contributed by atoms with Crippen molar-refractivity contribution in [2.24, 2.45) is 0 Å². The monoisotopic (exact) mass is 373 g/mol. The number of rotatable bonds is 5. The molecule has 1 amide bonds. The van der Waals surface area contributed by atoms with Crippen LogP contribution in [0.3, 0.4) is 0 Å². The van der Waals surface area contributed by atoms with Crippen LogP contribution in [0.1, 0.15) is 12.5 Å². The van der Waals surface area contributed by atoms with E-state index in [1.807, 2.05) is 42.5 Å². The second kappa shape index (κ2) is 8.29. The maximum Gasteiger partial charge on any atom is 0.331 e. The average Bonchev–Trinajstić information content (AvgIpc) is 2.55. The van der Waals surface area contributed by atoms with E-state index in [-0.39, 0.29) is 5.91 Å². The third kappa shape index (κ3) is 5.71. The molecule has 0 saturated heterocycles. The van der Waals surface area contributed by atoms with Crippen molar-refractivity contribution < 1.29 is 14.3 Å². The molecule has 0 saturated carbocycles. The fourth-order valence-corrected chi connectivity index (χ4v) is 2.03. The Labute approximate surface area is 143 Å². The Hall–Kier alpha value is -2.40. The van der Waals surface area contributed by atoms with Gasteiger partial charge in [0.2, 0.25) is 0 Å². The minimum Gasteiger partial charge on any atom is -0.449 e. The molecule has 1 unspecified atom stereocenters. The molecule has 0 fully saturated rings. The van der Waals surface area contributed by atoms with Crippen molar-refractivity contribution in [2.75, 3.05) is 5.32 Å². The van der Waals surface area contributed by atoms with Crippen LogP contribution in [-0.2, 0) is 14.3 Å². The number of carbonyl (C=O) groups is 2. The molecule has 0 aliphatic rings. The number of hydrogen-bond donors (Lipinski definition) is 1. The fourth-order valence-electron chi connectivity index (χ4n) is 1.77. The van der Waals surface area contributed by atoms with Gasteiger partial charge in [-0.1, -0.05) is 46.3 Å². The quantitative estimate of drug-likeness (QED) is 0.635. The number of carbonyl (C=O) groups excluding carboxylic acids is 2. The van der Waals surface area contributed by atoms with Crippen LogP contribution in [0.2, 0.25) is 0 Å². The molecule has 0 radical (unpaired) electrons. The molecule has 118 valence electrons. The first kappa shape index (κ1) is 17.0. The molecule has 2 rings (SSSR count). The second-order valence-electron chi connectivity index (χ2n) is 4.82. The van der Waals surface area contributed by atoms with Gasteiger partial charge in [-0.25, -0.2) is 4.79 Å². The lowest BCUT2D eigenvalue weighted by Crippen LogP contribution is -2.29. The van der Waals surface area contributed by atoms with E-state index in [2.05, 4.69) is 21.2 Å². The number of esters is 1. The molecule has 0 heterocycles. The Morgan fingerprint density at radius 2 is 1.74 bits per heavy atom. The number of nitrogens with one attached hydrogen (secondary N) is 1. The fraction of sp³-hybridized carbons (Fsp3) is 0.111. The zero-order valence-electron chi connectivity index (χ0n) is 12.5. The summed E-state index contributed by atoms with van der Waals surface area (Å²) in [5, 5.41) is 2.68. The average molecular weight is 374 g/mol. The number of halogens is 1. The third-order valence-corrected chi connectivity index (χ3v) is 3.51. The number of para-hydroxylation sites is 1. The Morgan fingerprint density at radius 3 is 2.39 bits per heavy atom. The van der Waals surface area contributed by atoms with E-state index < -0.39 is 12.1 Å². The summed E-state index contributed by atoms with van der Waals surface area (Å²) in [6.07, 6.45) is 2.06. The molecule has 0 aliphatic carbocycles. The summed E-state index contributed by atoms with van der Waals surface area (Å²) in [6.45, 7) is 1.53. The van der Waals surface area contributed by atoms with Gasteiger partial charge in [-0.15, -0.1) is 0 Å². The lowest BCUT2D eigenvalue weighted by atomic mass is 10.2. The number of ether oxygens (including phenoxy) is 1. The van der Waals surface area contributed by atoms with Crippen molar-refractivity contribution in [3.8, 4) is 0 Å². The van der Waals surface area contributed by atoms with E-state index in [1.54, 1.807) is 18.2 Å². The molecule has 0 aliphatic heterocycles. The number of amides is 1. The Balaban J connectivity index is 1.86. The molecule has 2 aromatic carbocycles. The summed E-state index contributed by atoms with van der Waals surface area (Å²) >= 11 is 3.34. The third-order valence-electron chi connectivity index (χ3n) is 2.99. The molecule has 0 spiro atoms. The smallest absolute Gasteiger partial charge is 0.331 e. The normalized spacial score (nSPS) is 11.9. The standard InChI is InChI=1S/C18H16BrNO3/c1-13(18(22)20-16-5-3-2-4-6-16)23-17(21)12-9-14-7-10-15(19)11-8-14/h2-13H,1H3,(H,20,22)/b12-9+. The molecule has 1 N–H and O–H groups in total.